The van der Waals surface area contributed by atoms with Gasteiger partial charge in [-0.15, -0.1) is 0 Å². The van der Waals surface area contributed by atoms with Gasteiger partial charge >= 0.3 is 0 Å². The molecule has 2 nitrogen and oxygen atoms in total. The third-order valence-electron chi connectivity index (χ3n) is 1.63. The highest BCUT2D eigenvalue weighted by Crippen LogP contribution is 1.93. The van der Waals surface area contributed by atoms with E-state index >= 15 is 0 Å². The quantitative estimate of drug-likeness (QED) is 0.415. The summed E-state index contributed by atoms with van der Waals surface area (Å²) in [5.41, 5.74) is 0. The average molecular weight is 217 g/mol. The lowest BCUT2D eigenvalue weighted by molar-refractivity contribution is -0.0450. The Kier molecular flexibility index (Phi) is 5.08. The van der Waals surface area contributed by atoms with E-state index in [0.717, 1.165) is 0 Å². The molecule has 0 aliphatic carbocycles. The molecule has 72 valence electrons. The van der Waals surface area contributed by atoms with Crippen LogP contribution in [0.15, 0.2) is 30.3 Å². The lowest BCUT2D eigenvalue weighted by Gasteiger charge is -2.11. The van der Waals surface area contributed by atoms with Crippen LogP contribution in [0.4, 0.5) is 0 Å². The zero-order chi connectivity index (χ0) is 9.52. The first-order chi connectivity index (χ1) is 6.33. The van der Waals surface area contributed by atoms with Gasteiger partial charge in [0.15, 0.2) is 9.76 Å². The molecular weight excluding hydrogens is 204 g/mol. The molecule has 1 rings (SSSR count). The van der Waals surface area contributed by atoms with E-state index in [-0.39, 0.29) is 12.4 Å². The molecule has 0 N–H and O–H groups in total. The van der Waals surface area contributed by atoms with E-state index in [1.54, 1.807) is 0 Å². The van der Waals surface area contributed by atoms with E-state index in [1.165, 1.54) is 5.19 Å². The van der Waals surface area contributed by atoms with Crippen molar-refractivity contribution >= 4 is 26.6 Å². The van der Waals surface area contributed by atoms with E-state index in [1.807, 2.05) is 25.1 Å². The van der Waals surface area contributed by atoms with Crippen LogP contribution in [0.5, 0.6) is 0 Å². The first-order valence-corrected chi connectivity index (χ1v) is 5.98. The Hall–Kier alpha value is -0.353. The van der Waals surface area contributed by atoms with Gasteiger partial charge in [0.1, 0.15) is 12.4 Å². The van der Waals surface area contributed by atoms with Crippen LogP contribution in [-0.4, -0.2) is 22.1 Å². The highest BCUT2D eigenvalue weighted by Gasteiger charge is 2.00. The molecule has 1 unspecified atom stereocenters. The molecule has 0 saturated carbocycles. The van der Waals surface area contributed by atoms with Gasteiger partial charge in [0.25, 0.3) is 0 Å². The van der Waals surface area contributed by atoms with E-state index in [2.05, 4.69) is 12.1 Å². The Morgan fingerprint density at radius 2 is 2.08 bits per heavy atom. The Morgan fingerprint density at radius 1 is 1.38 bits per heavy atom. The lowest BCUT2D eigenvalue weighted by Crippen LogP contribution is -2.23. The molecule has 0 saturated heterocycles. The van der Waals surface area contributed by atoms with Gasteiger partial charge in [0.2, 0.25) is 0 Å². The molecule has 0 aliphatic heterocycles. The van der Waals surface area contributed by atoms with Crippen molar-refractivity contribution in [3.8, 4) is 0 Å². The second-order valence-electron chi connectivity index (χ2n) is 2.64. The largest absolute Gasteiger partial charge is 0.394 e. The highest BCUT2D eigenvalue weighted by molar-refractivity contribution is 6.46. The number of halogens is 1. The summed E-state index contributed by atoms with van der Waals surface area (Å²) < 4.78 is 10.5. The second-order valence-corrected chi connectivity index (χ2v) is 4.30. The predicted octanol–water partition coefficient (Wildman–Crippen LogP) is 0.971. The molecule has 13 heavy (non-hydrogen) atoms. The average Bonchev–Trinajstić information content (AvgIpc) is 2.17. The molecule has 0 aliphatic rings. The highest BCUT2D eigenvalue weighted by atomic mass is 35.5. The minimum atomic E-state index is -0.663. The van der Waals surface area contributed by atoms with Crippen molar-refractivity contribution in [1.29, 1.82) is 0 Å². The van der Waals surface area contributed by atoms with E-state index in [9.17, 15) is 0 Å². The Labute approximate surface area is 85.8 Å². The van der Waals surface area contributed by atoms with E-state index in [0.29, 0.717) is 0 Å². The summed E-state index contributed by atoms with van der Waals surface area (Å²) in [4.78, 5) is 0. The fourth-order valence-corrected chi connectivity index (χ4v) is 2.09. The van der Waals surface area contributed by atoms with Crippen molar-refractivity contribution in [2.24, 2.45) is 0 Å². The number of alkyl halides is 1. The molecule has 1 aromatic carbocycles. The number of hydrogen-bond acceptors (Lipinski definition) is 2. The van der Waals surface area contributed by atoms with Crippen LogP contribution in [-0.2, 0) is 9.16 Å². The topological polar surface area (TPSA) is 18.5 Å². The Bertz CT molecular complexity index is 230. The summed E-state index contributed by atoms with van der Waals surface area (Å²) in [7, 11) is -0.663. The maximum absolute atomic E-state index is 5.50. The van der Waals surface area contributed by atoms with Gasteiger partial charge in [-0.2, -0.15) is 0 Å². The number of hydrogen-bond donors (Lipinski definition) is 0. The molecule has 0 amide bonds. The minimum absolute atomic E-state index is 0.185. The standard InChI is InChI=1S/C9H13ClO2Si/c1-8(11-7-10)12-13-9-5-3-2-4-6-9/h2-6,8H,7,13H2,1H3. The molecule has 0 radical (unpaired) electrons. The number of ether oxygens (including phenoxy) is 1. The van der Waals surface area contributed by atoms with Crippen molar-refractivity contribution < 1.29 is 9.16 Å². The fourth-order valence-electron chi connectivity index (χ4n) is 0.925. The molecule has 0 spiro atoms. The van der Waals surface area contributed by atoms with Crippen LogP contribution in [0.2, 0.25) is 0 Å². The number of rotatable bonds is 5. The molecule has 0 aromatic heterocycles. The maximum Gasteiger partial charge on any atom is 0.195 e. The van der Waals surface area contributed by atoms with Crippen molar-refractivity contribution in [2.75, 3.05) is 6.07 Å². The van der Waals surface area contributed by atoms with Crippen molar-refractivity contribution in [2.45, 2.75) is 13.2 Å². The molecule has 0 heterocycles. The lowest BCUT2D eigenvalue weighted by atomic mass is 10.4. The molecule has 4 heteroatoms. The van der Waals surface area contributed by atoms with Crippen LogP contribution in [0.25, 0.3) is 0 Å². The van der Waals surface area contributed by atoms with Crippen molar-refractivity contribution in [3.63, 3.8) is 0 Å². The smallest absolute Gasteiger partial charge is 0.195 e. The van der Waals surface area contributed by atoms with Gasteiger partial charge in [-0.1, -0.05) is 41.9 Å². The van der Waals surface area contributed by atoms with Crippen molar-refractivity contribution in [1.82, 2.24) is 0 Å². The van der Waals surface area contributed by atoms with E-state index in [4.69, 9.17) is 20.8 Å². The third kappa shape index (κ3) is 4.43. The monoisotopic (exact) mass is 216 g/mol. The molecular formula is C9H13ClO2Si. The van der Waals surface area contributed by atoms with Crippen LogP contribution in [0.1, 0.15) is 6.92 Å². The molecule has 0 bridgehead atoms. The van der Waals surface area contributed by atoms with Crippen LogP contribution >= 0.6 is 11.6 Å². The molecule has 0 fully saturated rings. The van der Waals surface area contributed by atoms with Gasteiger partial charge in [-0.3, -0.25) is 0 Å². The van der Waals surface area contributed by atoms with Gasteiger partial charge in [-0.05, 0) is 12.1 Å². The van der Waals surface area contributed by atoms with E-state index < -0.39 is 9.76 Å². The molecule has 1 aromatic rings. The first-order valence-electron chi connectivity index (χ1n) is 4.16. The van der Waals surface area contributed by atoms with Crippen LogP contribution in [0, 0.1) is 0 Å². The van der Waals surface area contributed by atoms with Gasteiger partial charge in [-0.25, -0.2) is 0 Å². The van der Waals surface area contributed by atoms with Gasteiger partial charge < -0.3 is 9.16 Å². The Balaban J connectivity index is 2.27. The van der Waals surface area contributed by atoms with Gasteiger partial charge in [0.05, 0.1) is 0 Å². The first kappa shape index (κ1) is 10.7. The normalized spacial score (nSPS) is 13.7. The van der Waals surface area contributed by atoms with Crippen LogP contribution in [0.3, 0.4) is 0 Å². The summed E-state index contributed by atoms with van der Waals surface area (Å²) >= 11 is 5.39. The SMILES string of the molecule is CC(OCCl)O[SiH2]c1ccccc1. The Morgan fingerprint density at radius 3 is 2.69 bits per heavy atom. The third-order valence-corrected chi connectivity index (χ3v) is 3.19. The maximum atomic E-state index is 5.50. The summed E-state index contributed by atoms with van der Waals surface area (Å²) in [5.74, 6) is 0. The molecule has 1 atom stereocenters. The fraction of sp³-hybridized carbons (Fsp3) is 0.333. The zero-order valence-electron chi connectivity index (χ0n) is 7.57. The summed E-state index contributed by atoms with van der Waals surface area (Å²) in [6.45, 7) is 1.86. The number of benzene rings is 1. The minimum Gasteiger partial charge on any atom is -0.394 e. The second kappa shape index (κ2) is 6.15. The predicted molar refractivity (Wildman–Crippen MR) is 57.0 cm³/mol. The summed E-state index contributed by atoms with van der Waals surface area (Å²) in [6.07, 6.45) is -0.190. The summed E-state index contributed by atoms with van der Waals surface area (Å²) in [5, 5.41) is 1.27. The zero-order valence-corrected chi connectivity index (χ0v) is 9.74. The summed E-state index contributed by atoms with van der Waals surface area (Å²) in [6, 6.07) is 10.3. The van der Waals surface area contributed by atoms with Crippen LogP contribution < -0.4 is 5.19 Å². The van der Waals surface area contributed by atoms with Crippen molar-refractivity contribution in [3.05, 3.63) is 30.3 Å². The van der Waals surface area contributed by atoms with Gasteiger partial charge in [0, 0.05) is 0 Å².